The van der Waals surface area contributed by atoms with Crippen molar-refractivity contribution in [2.24, 2.45) is 11.8 Å². The minimum Gasteiger partial charge on any atom is -0.394 e. The summed E-state index contributed by atoms with van der Waals surface area (Å²) in [7, 11) is 1.71. The van der Waals surface area contributed by atoms with E-state index in [0.717, 1.165) is 0 Å². The fraction of sp³-hybridized carbons (Fsp3) is 0.500. The summed E-state index contributed by atoms with van der Waals surface area (Å²) in [6.45, 7) is 9.61. The maximum absolute atomic E-state index is 14.4. The Morgan fingerprint density at radius 3 is 2.50 bits per heavy atom. The summed E-state index contributed by atoms with van der Waals surface area (Å²) in [5, 5.41) is 10.5. The maximum atomic E-state index is 14.4. The van der Waals surface area contributed by atoms with E-state index in [-0.39, 0.29) is 41.0 Å². The molecule has 0 saturated carbocycles. The molecule has 7 nitrogen and oxygen atoms in total. The normalized spacial score (nSPS) is 31.2. The second-order valence-electron chi connectivity index (χ2n) is 9.66. The van der Waals surface area contributed by atoms with Gasteiger partial charge in [-0.05, 0) is 37.6 Å². The highest BCUT2D eigenvalue weighted by molar-refractivity contribution is 9.09. The SMILES string of the molecule is C=CCN(C)C(=O)[C@H]1[C@@H]2SC3(CC2Br)C(C(=O)N(CC=C)c2ccc(Cl)cc2)N([C@H](C)CO)C(=O)[C@H]13. The standard InChI is InChI=1S/C26H31BrClN3O4S/c1-5-11-29(4)23(33)19-20-24(34)31(15(3)14-32)22(26(20)13-18(27)21(19)36-26)25(35)30(12-6-2)17-9-7-16(28)8-10-17/h5-10,15,18-22,32H,1-2,11-14H2,3-4H3/t15-,18?,19-,20+,21-,22?,26?/m1/s1. The molecule has 1 aromatic carbocycles. The third-order valence-corrected chi connectivity index (χ3v) is 11.0. The van der Waals surface area contributed by atoms with Gasteiger partial charge in [-0.2, -0.15) is 0 Å². The highest BCUT2D eigenvalue weighted by atomic mass is 79.9. The van der Waals surface area contributed by atoms with E-state index >= 15 is 0 Å². The number of carbonyl (C=O) groups excluding carboxylic acids is 3. The van der Waals surface area contributed by atoms with Gasteiger partial charge in [0.05, 0.1) is 29.2 Å². The van der Waals surface area contributed by atoms with Crippen LogP contribution in [0.3, 0.4) is 0 Å². The van der Waals surface area contributed by atoms with Gasteiger partial charge >= 0.3 is 0 Å². The lowest BCUT2D eigenvalue weighted by Crippen LogP contribution is -2.57. The van der Waals surface area contributed by atoms with Gasteiger partial charge in [0.25, 0.3) is 5.91 Å². The molecular formula is C26H31BrClN3O4S. The second kappa shape index (κ2) is 10.5. The number of likely N-dealkylation sites (N-methyl/N-ethyl adjacent to an activating group) is 1. The number of aliphatic hydroxyl groups is 1. The number of likely N-dealkylation sites (tertiary alicyclic amines) is 1. The van der Waals surface area contributed by atoms with Crippen LogP contribution in [0.1, 0.15) is 13.3 Å². The molecule has 3 unspecified atom stereocenters. The molecule has 4 rings (SSSR count). The number of alkyl halides is 1. The largest absolute Gasteiger partial charge is 0.394 e. The van der Waals surface area contributed by atoms with E-state index in [1.165, 1.54) is 4.90 Å². The molecular weight excluding hydrogens is 566 g/mol. The number of nitrogens with zero attached hydrogens (tertiary/aromatic N) is 3. The molecule has 3 aliphatic rings. The Kier molecular flexibility index (Phi) is 7.95. The van der Waals surface area contributed by atoms with Crippen LogP contribution in [0.15, 0.2) is 49.6 Å². The quantitative estimate of drug-likeness (QED) is 0.349. The third-order valence-electron chi connectivity index (χ3n) is 7.48. The van der Waals surface area contributed by atoms with Gasteiger partial charge in [0.2, 0.25) is 11.8 Å². The molecule has 7 atom stereocenters. The first kappa shape index (κ1) is 27.2. The molecule has 3 heterocycles. The molecule has 0 aliphatic carbocycles. The summed E-state index contributed by atoms with van der Waals surface area (Å²) in [4.78, 5) is 46.7. The summed E-state index contributed by atoms with van der Waals surface area (Å²) in [5.41, 5.74) is 0.638. The monoisotopic (exact) mass is 595 g/mol. The van der Waals surface area contributed by atoms with E-state index < -0.39 is 28.7 Å². The summed E-state index contributed by atoms with van der Waals surface area (Å²) in [6, 6.07) is 5.52. The average Bonchev–Trinajstić information content (AvgIpc) is 3.45. The van der Waals surface area contributed by atoms with Crippen LogP contribution in [-0.4, -0.2) is 86.3 Å². The molecule has 36 heavy (non-hydrogen) atoms. The fourth-order valence-corrected chi connectivity index (χ4v) is 9.66. The number of fused-ring (bicyclic) bond motifs is 1. The Labute approximate surface area is 229 Å². The van der Waals surface area contributed by atoms with E-state index in [1.54, 1.807) is 72.0 Å². The van der Waals surface area contributed by atoms with Crippen LogP contribution in [0.5, 0.6) is 0 Å². The van der Waals surface area contributed by atoms with Crippen molar-refractivity contribution in [3.8, 4) is 0 Å². The number of hydrogen-bond donors (Lipinski definition) is 1. The molecule has 2 bridgehead atoms. The molecule has 3 fully saturated rings. The number of thioether (sulfide) groups is 1. The molecule has 194 valence electrons. The predicted molar refractivity (Wildman–Crippen MR) is 147 cm³/mol. The number of rotatable bonds is 9. The lowest BCUT2D eigenvalue weighted by atomic mass is 9.70. The summed E-state index contributed by atoms with van der Waals surface area (Å²) < 4.78 is -0.794. The van der Waals surface area contributed by atoms with Gasteiger partial charge < -0.3 is 19.8 Å². The number of benzene rings is 1. The zero-order valence-electron chi connectivity index (χ0n) is 20.3. The maximum Gasteiger partial charge on any atom is 0.251 e. The van der Waals surface area contributed by atoms with Crippen LogP contribution in [-0.2, 0) is 14.4 Å². The minimum atomic E-state index is -0.842. The van der Waals surface area contributed by atoms with Gasteiger partial charge in [-0.15, -0.1) is 24.9 Å². The number of hydrogen-bond acceptors (Lipinski definition) is 5. The van der Waals surface area contributed by atoms with Crippen molar-refractivity contribution in [1.82, 2.24) is 9.80 Å². The Bertz CT molecular complexity index is 1070. The molecule has 10 heteroatoms. The molecule has 1 N–H and O–H groups in total. The first-order valence-electron chi connectivity index (χ1n) is 11.9. The molecule has 1 aromatic rings. The second-order valence-corrected chi connectivity index (χ2v) is 12.8. The topological polar surface area (TPSA) is 81.2 Å². The number of anilines is 1. The van der Waals surface area contributed by atoms with Crippen molar-refractivity contribution >= 4 is 62.7 Å². The van der Waals surface area contributed by atoms with Gasteiger partial charge in [0, 0.05) is 40.9 Å². The Hall–Kier alpha value is -1.81. The number of halogens is 2. The summed E-state index contributed by atoms with van der Waals surface area (Å²) >= 11 is 11.4. The van der Waals surface area contributed by atoms with Gasteiger partial charge in [-0.25, -0.2) is 0 Å². The van der Waals surface area contributed by atoms with Crippen molar-refractivity contribution in [3.63, 3.8) is 0 Å². The number of aliphatic hydroxyl groups excluding tert-OH is 1. The zero-order chi connectivity index (χ0) is 26.4. The summed E-state index contributed by atoms with van der Waals surface area (Å²) in [5.74, 6) is -1.85. The Morgan fingerprint density at radius 2 is 1.92 bits per heavy atom. The third kappa shape index (κ3) is 4.22. The van der Waals surface area contributed by atoms with E-state index in [1.807, 2.05) is 0 Å². The lowest BCUT2D eigenvalue weighted by Gasteiger charge is -2.39. The van der Waals surface area contributed by atoms with Crippen molar-refractivity contribution in [2.45, 2.75) is 40.3 Å². The zero-order valence-corrected chi connectivity index (χ0v) is 23.5. The van der Waals surface area contributed by atoms with Gasteiger partial charge in [-0.1, -0.05) is 39.7 Å². The van der Waals surface area contributed by atoms with E-state index in [9.17, 15) is 19.5 Å². The Morgan fingerprint density at radius 1 is 1.28 bits per heavy atom. The fourth-order valence-electron chi connectivity index (χ4n) is 5.95. The predicted octanol–water partition coefficient (Wildman–Crippen LogP) is 3.35. The highest BCUT2D eigenvalue weighted by Gasteiger charge is 2.76. The lowest BCUT2D eigenvalue weighted by molar-refractivity contribution is -0.144. The number of carbonyl (C=O) groups is 3. The molecule has 3 amide bonds. The molecule has 0 aromatic heterocycles. The minimum absolute atomic E-state index is 0.0271. The first-order valence-corrected chi connectivity index (χ1v) is 14.1. The molecule has 3 saturated heterocycles. The van der Waals surface area contributed by atoms with Crippen LogP contribution in [0, 0.1) is 11.8 Å². The van der Waals surface area contributed by atoms with Gasteiger partial charge in [0.15, 0.2) is 0 Å². The van der Waals surface area contributed by atoms with Crippen molar-refractivity contribution < 1.29 is 19.5 Å². The molecule has 1 spiro atoms. The van der Waals surface area contributed by atoms with Crippen LogP contribution in [0.25, 0.3) is 0 Å². The highest BCUT2D eigenvalue weighted by Crippen LogP contribution is 2.68. The first-order chi connectivity index (χ1) is 17.1. The van der Waals surface area contributed by atoms with Crippen molar-refractivity contribution in [3.05, 3.63) is 54.6 Å². The summed E-state index contributed by atoms with van der Waals surface area (Å²) in [6.07, 6.45) is 3.87. The van der Waals surface area contributed by atoms with E-state index in [0.29, 0.717) is 23.7 Å². The molecule has 3 aliphatic heterocycles. The van der Waals surface area contributed by atoms with Crippen LogP contribution in [0.2, 0.25) is 5.02 Å². The number of amides is 3. The van der Waals surface area contributed by atoms with Crippen molar-refractivity contribution in [2.75, 3.05) is 31.6 Å². The smallest absolute Gasteiger partial charge is 0.251 e. The Balaban J connectivity index is 1.81. The van der Waals surface area contributed by atoms with Crippen LogP contribution in [0.4, 0.5) is 5.69 Å². The van der Waals surface area contributed by atoms with Crippen molar-refractivity contribution in [1.29, 1.82) is 0 Å². The van der Waals surface area contributed by atoms with E-state index in [2.05, 4.69) is 29.1 Å². The average molecular weight is 597 g/mol. The van der Waals surface area contributed by atoms with Gasteiger partial charge in [0.1, 0.15) is 6.04 Å². The van der Waals surface area contributed by atoms with Crippen LogP contribution >= 0.6 is 39.3 Å². The van der Waals surface area contributed by atoms with Crippen LogP contribution < -0.4 is 4.90 Å². The van der Waals surface area contributed by atoms with E-state index in [4.69, 9.17) is 11.6 Å². The van der Waals surface area contributed by atoms with Gasteiger partial charge in [-0.3, -0.25) is 14.4 Å². The molecule has 0 radical (unpaired) electrons.